The van der Waals surface area contributed by atoms with Crippen LogP contribution >= 0.6 is 28.1 Å². The van der Waals surface area contributed by atoms with Gasteiger partial charge in [0, 0.05) is 6.20 Å². The maximum atomic E-state index is 11.3. The summed E-state index contributed by atoms with van der Waals surface area (Å²) < 4.78 is 6.88. The Hall–Kier alpha value is -0.580. The maximum Gasteiger partial charge on any atom is 0.265 e. The van der Waals surface area contributed by atoms with Gasteiger partial charge in [0.15, 0.2) is 11.0 Å². The van der Waals surface area contributed by atoms with E-state index in [1.807, 2.05) is 0 Å². The summed E-state index contributed by atoms with van der Waals surface area (Å²) in [5, 5.41) is 28.5. The van der Waals surface area contributed by atoms with E-state index in [2.05, 4.69) is 20.9 Å². The van der Waals surface area contributed by atoms with Crippen molar-refractivity contribution in [3.8, 4) is 0 Å². The SMILES string of the molecule is O=c1[nH]c(=S)n([C@@H]2O[C@H](CO)[C@@H](O)[C@@H]2O)cc1Br. The molecular formula is C9H11BrN2O5S. The van der Waals surface area contributed by atoms with Gasteiger partial charge in [0.2, 0.25) is 0 Å². The summed E-state index contributed by atoms with van der Waals surface area (Å²) in [6.45, 7) is -0.424. The van der Waals surface area contributed by atoms with Crippen LogP contribution in [0.3, 0.4) is 0 Å². The van der Waals surface area contributed by atoms with Gasteiger partial charge in [-0.3, -0.25) is 14.3 Å². The molecule has 9 heteroatoms. The number of aliphatic hydroxyl groups excluding tert-OH is 3. The molecule has 1 aromatic rings. The van der Waals surface area contributed by atoms with Gasteiger partial charge in [-0.05, 0) is 28.1 Å². The molecule has 0 spiro atoms. The summed E-state index contributed by atoms with van der Waals surface area (Å²) in [6.07, 6.45) is -2.95. The Labute approximate surface area is 115 Å². The molecule has 0 radical (unpaired) electrons. The molecule has 100 valence electrons. The Morgan fingerprint density at radius 2 is 2.17 bits per heavy atom. The Balaban J connectivity index is 2.42. The van der Waals surface area contributed by atoms with Crippen LogP contribution < -0.4 is 5.56 Å². The fourth-order valence-corrected chi connectivity index (χ4v) is 2.33. The molecule has 2 heterocycles. The van der Waals surface area contributed by atoms with E-state index in [1.54, 1.807) is 0 Å². The van der Waals surface area contributed by atoms with Crippen molar-refractivity contribution in [3.63, 3.8) is 0 Å². The molecule has 4 N–H and O–H groups in total. The van der Waals surface area contributed by atoms with Crippen LogP contribution in [0.15, 0.2) is 15.5 Å². The minimum atomic E-state index is -1.24. The third kappa shape index (κ3) is 2.29. The predicted octanol–water partition coefficient (Wildman–Crippen LogP) is -0.720. The van der Waals surface area contributed by atoms with E-state index >= 15 is 0 Å². The summed E-state index contributed by atoms with van der Waals surface area (Å²) in [4.78, 5) is 13.7. The fourth-order valence-electron chi connectivity index (χ4n) is 1.76. The molecular weight excluding hydrogens is 328 g/mol. The smallest absolute Gasteiger partial charge is 0.265 e. The van der Waals surface area contributed by atoms with Crippen LogP contribution in [-0.2, 0) is 4.74 Å². The van der Waals surface area contributed by atoms with Crippen LogP contribution in [0.25, 0.3) is 0 Å². The van der Waals surface area contributed by atoms with Crippen LogP contribution in [0.2, 0.25) is 0 Å². The lowest BCUT2D eigenvalue weighted by Crippen LogP contribution is -2.33. The van der Waals surface area contributed by atoms with E-state index in [-0.39, 0.29) is 9.24 Å². The van der Waals surface area contributed by atoms with E-state index < -0.39 is 36.7 Å². The van der Waals surface area contributed by atoms with E-state index in [9.17, 15) is 15.0 Å². The number of ether oxygens (including phenoxy) is 1. The van der Waals surface area contributed by atoms with Crippen LogP contribution in [0, 0.1) is 4.77 Å². The van der Waals surface area contributed by atoms with Gasteiger partial charge in [-0.25, -0.2) is 0 Å². The van der Waals surface area contributed by atoms with E-state index in [0.29, 0.717) is 0 Å². The molecule has 0 amide bonds. The predicted molar refractivity (Wildman–Crippen MR) is 66.6 cm³/mol. The highest BCUT2D eigenvalue weighted by molar-refractivity contribution is 9.10. The Morgan fingerprint density at radius 3 is 2.72 bits per heavy atom. The van der Waals surface area contributed by atoms with Crippen molar-refractivity contribution in [2.45, 2.75) is 24.5 Å². The highest BCUT2D eigenvalue weighted by Gasteiger charge is 2.43. The molecule has 0 bridgehead atoms. The van der Waals surface area contributed by atoms with Crippen molar-refractivity contribution in [1.82, 2.24) is 9.55 Å². The number of aliphatic hydroxyl groups is 3. The van der Waals surface area contributed by atoms with Crippen LogP contribution in [0.4, 0.5) is 0 Å². The number of halogens is 1. The highest BCUT2D eigenvalue weighted by Crippen LogP contribution is 2.29. The van der Waals surface area contributed by atoms with Crippen molar-refractivity contribution >= 4 is 28.1 Å². The number of H-pyrrole nitrogens is 1. The van der Waals surface area contributed by atoms with Gasteiger partial charge in [0.1, 0.15) is 18.3 Å². The third-order valence-corrected chi connectivity index (χ3v) is 3.59. The lowest BCUT2D eigenvalue weighted by molar-refractivity contribution is -0.0542. The number of nitrogens with zero attached hydrogens (tertiary/aromatic N) is 1. The largest absolute Gasteiger partial charge is 0.394 e. The van der Waals surface area contributed by atoms with Crippen molar-refractivity contribution in [2.75, 3.05) is 6.61 Å². The topological polar surface area (TPSA) is 108 Å². The summed E-state index contributed by atoms with van der Waals surface area (Å²) in [7, 11) is 0. The Kier molecular flexibility index (Phi) is 3.99. The second-order valence-electron chi connectivity index (χ2n) is 3.87. The minimum Gasteiger partial charge on any atom is -0.394 e. The molecule has 18 heavy (non-hydrogen) atoms. The number of hydrogen-bond acceptors (Lipinski definition) is 6. The second kappa shape index (κ2) is 5.19. The number of hydrogen-bond donors (Lipinski definition) is 4. The molecule has 0 unspecified atom stereocenters. The molecule has 0 aliphatic carbocycles. The fraction of sp³-hybridized carbons (Fsp3) is 0.556. The molecule has 7 nitrogen and oxygen atoms in total. The molecule has 4 atom stereocenters. The molecule has 1 aliphatic heterocycles. The monoisotopic (exact) mass is 338 g/mol. The van der Waals surface area contributed by atoms with E-state index in [0.717, 1.165) is 0 Å². The van der Waals surface area contributed by atoms with Crippen LogP contribution in [-0.4, -0.2) is 49.8 Å². The molecule has 2 rings (SSSR count). The molecule has 1 saturated heterocycles. The van der Waals surface area contributed by atoms with Gasteiger partial charge in [0.25, 0.3) is 5.56 Å². The minimum absolute atomic E-state index is 0.0537. The third-order valence-electron chi connectivity index (χ3n) is 2.72. The Morgan fingerprint density at radius 1 is 1.50 bits per heavy atom. The highest BCUT2D eigenvalue weighted by atomic mass is 79.9. The van der Waals surface area contributed by atoms with Crippen molar-refractivity contribution in [2.24, 2.45) is 0 Å². The molecule has 1 fully saturated rings. The summed E-state index contributed by atoms with van der Waals surface area (Å²) in [5.41, 5.74) is -0.400. The van der Waals surface area contributed by atoms with Gasteiger partial charge in [-0.15, -0.1) is 0 Å². The molecule has 1 aliphatic rings. The summed E-state index contributed by atoms with van der Waals surface area (Å²) in [6, 6.07) is 0. The number of aromatic amines is 1. The molecule has 0 aromatic carbocycles. The molecule has 0 saturated carbocycles. The summed E-state index contributed by atoms with van der Waals surface area (Å²) in [5.74, 6) is 0. The first-order valence-corrected chi connectivity index (χ1v) is 6.29. The first kappa shape index (κ1) is 13.8. The second-order valence-corrected chi connectivity index (χ2v) is 5.11. The number of aromatic nitrogens is 2. The zero-order valence-electron chi connectivity index (χ0n) is 8.99. The zero-order chi connectivity index (χ0) is 13.4. The zero-order valence-corrected chi connectivity index (χ0v) is 11.4. The van der Waals surface area contributed by atoms with E-state index in [4.69, 9.17) is 22.1 Å². The standard InChI is InChI=1S/C9H11BrN2O5S/c10-3-1-12(9(18)11-7(3)16)8-6(15)5(14)4(2-13)17-8/h1,4-6,8,13-15H,2H2,(H,11,16,18)/t4-,5-,6+,8-/m1/s1. The average Bonchev–Trinajstić information content (AvgIpc) is 2.61. The quantitative estimate of drug-likeness (QED) is 0.530. The Bertz CT molecular complexity index is 559. The first-order valence-electron chi connectivity index (χ1n) is 5.09. The average molecular weight is 339 g/mol. The van der Waals surface area contributed by atoms with Gasteiger partial charge < -0.3 is 20.1 Å². The van der Waals surface area contributed by atoms with E-state index in [1.165, 1.54) is 10.8 Å². The normalized spacial score (nSPS) is 31.8. The van der Waals surface area contributed by atoms with Gasteiger partial charge in [-0.1, -0.05) is 0 Å². The van der Waals surface area contributed by atoms with Crippen molar-refractivity contribution in [3.05, 3.63) is 25.8 Å². The maximum absolute atomic E-state index is 11.3. The number of nitrogens with one attached hydrogen (secondary N) is 1. The van der Waals surface area contributed by atoms with Gasteiger partial charge in [-0.2, -0.15) is 0 Å². The van der Waals surface area contributed by atoms with Gasteiger partial charge >= 0.3 is 0 Å². The lowest BCUT2D eigenvalue weighted by Gasteiger charge is -2.18. The van der Waals surface area contributed by atoms with Crippen LogP contribution in [0.5, 0.6) is 0 Å². The summed E-state index contributed by atoms with van der Waals surface area (Å²) >= 11 is 7.99. The van der Waals surface area contributed by atoms with Crippen LogP contribution in [0.1, 0.15) is 6.23 Å². The first-order chi connectivity index (χ1) is 8.45. The number of rotatable bonds is 2. The van der Waals surface area contributed by atoms with Crippen molar-refractivity contribution < 1.29 is 20.1 Å². The van der Waals surface area contributed by atoms with Gasteiger partial charge in [0.05, 0.1) is 11.1 Å². The molecule has 1 aromatic heterocycles. The van der Waals surface area contributed by atoms with Crippen molar-refractivity contribution in [1.29, 1.82) is 0 Å². The lowest BCUT2D eigenvalue weighted by atomic mass is 10.1.